The maximum atomic E-state index is 13.1. The van der Waals surface area contributed by atoms with E-state index in [1.807, 2.05) is 12.2 Å². The van der Waals surface area contributed by atoms with Gasteiger partial charge >= 0.3 is 39.5 Å². The molecule has 0 aliphatic rings. The number of phosphoric acid groups is 2. The van der Waals surface area contributed by atoms with E-state index in [9.17, 15) is 43.2 Å². The number of esters is 4. The highest BCUT2D eigenvalue weighted by Crippen LogP contribution is 2.45. The van der Waals surface area contributed by atoms with Gasteiger partial charge in [-0.25, -0.2) is 9.13 Å². The van der Waals surface area contributed by atoms with Gasteiger partial charge in [0.2, 0.25) is 0 Å². The predicted molar refractivity (Wildman–Crippen MR) is 436 cm³/mol. The fraction of sp³-hybridized carbons (Fsp3) is 0.655. The molecule has 0 amide bonds. The molecule has 0 spiro atoms. The Morgan fingerprint density at radius 3 is 0.802 bits per heavy atom. The first kappa shape index (κ1) is 101. The Morgan fingerprint density at radius 1 is 0.274 bits per heavy atom. The normalized spacial score (nSPS) is 14.7. The first-order chi connectivity index (χ1) is 51.7. The zero-order valence-corrected chi connectivity index (χ0v) is 67.8. The van der Waals surface area contributed by atoms with Crippen molar-refractivity contribution in [1.82, 2.24) is 0 Å². The molecule has 0 rings (SSSR count). The molecule has 0 radical (unpaired) electrons. The number of ether oxygens (including phenoxy) is 4. The van der Waals surface area contributed by atoms with E-state index in [4.69, 9.17) is 37.0 Å². The summed E-state index contributed by atoms with van der Waals surface area (Å²) < 4.78 is 68.6. The van der Waals surface area contributed by atoms with Crippen LogP contribution < -0.4 is 0 Å². The largest absolute Gasteiger partial charge is 0.472 e. The maximum absolute atomic E-state index is 13.1. The van der Waals surface area contributed by atoms with Crippen LogP contribution in [-0.4, -0.2) is 96.7 Å². The van der Waals surface area contributed by atoms with E-state index in [0.29, 0.717) is 32.1 Å². The van der Waals surface area contributed by atoms with E-state index in [0.717, 1.165) is 186 Å². The lowest BCUT2D eigenvalue weighted by molar-refractivity contribution is -0.161. The van der Waals surface area contributed by atoms with Crippen LogP contribution in [0.4, 0.5) is 0 Å². The predicted octanol–water partition coefficient (Wildman–Crippen LogP) is 24.0. The molecule has 0 heterocycles. The van der Waals surface area contributed by atoms with Crippen molar-refractivity contribution in [3.8, 4) is 0 Å². The van der Waals surface area contributed by atoms with Gasteiger partial charge in [-0.15, -0.1) is 0 Å². The Morgan fingerprint density at radius 2 is 0.500 bits per heavy atom. The molecule has 0 aromatic heterocycles. The summed E-state index contributed by atoms with van der Waals surface area (Å²) in [6.45, 7) is 4.43. The van der Waals surface area contributed by atoms with Crippen LogP contribution in [0.1, 0.15) is 310 Å². The molecule has 0 bridgehead atoms. The van der Waals surface area contributed by atoms with E-state index in [1.54, 1.807) is 0 Å². The van der Waals surface area contributed by atoms with Crippen molar-refractivity contribution in [3.05, 3.63) is 158 Å². The van der Waals surface area contributed by atoms with Crippen molar-refractivity contribution in [2.45, 2.75) is 329 Å². The standard InChI is InChI=1S/C87H144O17P2/c1-5-9-13-17-21-25-29-33-37-39-40-42-46-48-52-56-60-64-68-72-85(90)98-78-83(104-87(92)74-70-66-62-58-54-50-44-36-32-28-24-20-16-12-8-4)80-102-106(95,96)100-76-81(88)75-99-105(93,94)101-79-82(103-86(91)73-69-65-61-57-53-49-43-35-31-27-23-19-15-11-7-3)77-97-84(89)71-67-63-59-55-51-47-45-41-38-34-30-26-22-18-14-10-6-2/h9-11,13-15,21-23,25-27,33-38,40,42-45,47,55,59,81-83,88H,5-8,12,16-20,24,28-32,39,41,46,48-54,56-58,60-80H2,1-4H3,(H,93,94)(H,95,96)/b13-9-,14-10-,15-11-,25-21-,26-22-,27-23-,37-33-,38-34-,42-40-,43-35-,44-36-,47-45-,59-55-. The average Bonchev–Trinajstić information content (AvgIpc) is 0.928. The lowest BCUT2D eigenvalue weighted by Crippen LogP contribution is -2.30. The van der Waals surface area contributed by atoms with Crippen molar-refractivity contribution in [3.63, 3.8) is 0 Å². The van der Waals surface area contributed by atoms with Crippen molar-refractivity contribution >= 4 is 39.5 Å². The van der Waals surface area contributed by atoms with Gasteiger partial charge < -0.3 is 33.8 Å². The SMILES string of the molecule is CC/C=C\C/C=C\C/C=C\C/C=C\C/C=C\CCCC(=O)OCC(COP(=O)(O)OCC(O)COP(=O)(O)OCC(COC(=O)CCCCCCCC/C=C\C/C=C\C/C=C\C/C=C\CC)OC(=O)CCCCCCC/C=C\CCCCCCCC)OC(=O)CCCCCCC/C=C\C/C=C\C/C=C\CC. The van der Waals surface area contributed by atoms with E-state index in [2.05, 4.69) is 174 Å². The second kappa shape index (κ2) is 77.8. The van der Waals surface area contributed by atoms with E-state index < -0.39 is 97.5 Å². The van der Waals surface area contributed by atoms with Crippen LogP contribution in [0.15, 0.2) is 158 Å². The number of carbonyl (C=O) groups is 4. The molecule has 0 saturated heterocycles. The molecule has 5 atom stereocenters. The summed E-state index contributed by atoms with van der Waals surface area (Å²) in [4.78, 5) is 73.1. The number of allylic oxidation sites excluding steroid dienone is 26. The minimum absolute atomic E-state index is 0.0581. The minimum atomic E-state index is -5.00. The molecule has 0 aliphatic carbocycles. The van der Waals surface area contributed by atoms with Crippen LogP contribution in [-0.2, 0) is 65.4 Å². The number of hydrogen-bond donors (Lipinski definition) is 3. The van der Waals surface area contributed by atoms with Gasteiger partial charge in [0, 0.05) is 25.7 Å². The smallest absolute Gasteiger partial charge is 0.462 e. The number of aliphatic hydroxyl groups is 1. The van der Waals surface area contributed by atoms with Gasteiger partial charge in [-0.05, 0) is 161 Å². The summed E-state index contributed by atoms with van der Waals surface area (Å²) in [5.74, 6) is -2.29. The van der Waals surface area contributed by atoms with Gasteiger partial charge in [0.15, 0.2) is 12.2 Å². The molecule has 19 heteroatoms. The van der Waals surface area contributed by atoms with Crippen molar-refractivity contribution in [2.24, 2.45) is 0 Å². The third kappa shape index (κ3) is 76.9. The molecule has 604 valence electrons. The molecule has 106 heavy (non-hydrogen) atoms. The van der Waals surface area contributed by atoms with E-state index in [1.165, 1.54) is 38.5 Å². The lowest BCUT2D eigenvalue weighted by atomic mass is 10.1. The van der Waals surface area contributed by atoms with Gasteiger partial charge in [0.1, 0.15) is 19.3 Å². The Labute approximate surface area is 642 Å². The Hall–Kier alpha value is -5.32. The quantitative estimate of drug-likeness (QED) is 0.0169. The number of hydrogen-bond acceptors (Lipinski definition) is 15. The molecular formula is C87H144O17P2. The van der Waals surface area contributed by atoms with Crippen LogP contribution in [0.3, 0.4) is 0 Å². The molecule has 0 saturated carbocycles. The van der Waals surface area contributed by atoms with E-state index in [-0.39, 0.29) is 25.7 Å². The lowest BCUT2D eigenvalue weighted by Gasteiger charge is -2.21. The average molecular weight is 1520 g/mol. The second-order valence-electron chi connectivity index (χ2n) is 26.6. The molecule has 0 aromatic rings. The number of carbonyl (C=O) groups excluding carboxylic acids is 4. The van der Waals surface area contributed by atoms with Gasteiger partial charge in [0.05, 0.1) is 26.4 Å². The zero-order valence-electron chi connectivity index (χ0n) is 66.1. The Bertz CT molecular complexity index is 2630. The molecular weight excluding hydrogens is 1380 g/mol. The molecule has 0 fully saturated rings. The number of phosphoric ester groups is 2. The molecule has 0 aliphatic heterocycles. The van der Waals surface area contributed by atoms with Crippen LogP contribution in [0.5, 0.6) is 0 Å². The van der Waals surface area contributed by atoms with Crippen LogP contribution in [0, 0.1) is 0 Å². The number of aliphatic hydroxyl groups excluding tert-OH is 1. The van der Waals surface area contributed by atoms with Gasteiger partial charge in [-0.1, -0.05) is 282 Å². The van der Waals surface area contributed by atoms with Gasteiger partial charge in [0.25, 0.3) is 0 Å². The minimum Gasteiger partial charge on any atom is -0.462 e. The van der Waals surface area contributed by atoms with E-state index >= 15 is 0 Å². The highest BCUT2D eigenvalue weighted by Gasteiger charge is 2.30. The van der Waals surface area contributed by atoms with Crippen molar-refractivity contribution in [1.29, 1.82) is 0 Å². The summed E-state index contributed by atoms with van der Waals surface area (Å²) in [5.41, 5.74) is 0. The third-order valence-corrected chi connectivity index (χ3v) is 18.4. The molecule has 5 unspecified atom stereocenters. The van der Waals surface area contributed by atoms with Gasteiger partial charge in [-0.2, -0.15) is 0 Å². The zero-order chi connectivity index (χ0) is 77.4. The first-order valence-corrected chi connectivity index (χ1v) is 43.7. The highest BCUT2D eigenvalue weighted by molar-refractivity contribution is 7.47. The Balaban J connectivity index is 5.45. The van der Waals surface area contributed by atoms with Gasteiger partial charge in [-0.3, -0.25) is 37.3 Å². The summed E-state index contributed by atoms with van der Waals surface area (Å²) in [7, 11) is -10.00. The van der Waals surface area contributed by atoms with Crippen LogP contribution in [0.2, 0.25) is 0 Å². The first-order valence-electron chi connectivity index (χ1n) is 40.7. The maximum Gasteiger partial charge on any atom is 0.472 e. The van der Waals surface area contributed by atoms with Crippen LogP contribution >= 0.6 is 15.6 Å². The summed E-state index contributed by atoms with van der Waals surface area (Å²) in [6.07, 6.45) is 90.8. The third-order valence-electron chi connectivity index (χ3n) is 16.5. The highest BCUT2D eigenvalue weighted by atomic mass is 31.2. The number of rotatable bonds is 75. The molecule has 0 aromatic carbocycles. The molecule has 3 N–H and O–H groups in total. The summed E-state index contributed by atoms with van der Waals surface area (Å²) in [5, 5.41) is 10.7. The fourth-order valence-corrected chi connectivity index (χ4v) is 12.0. The monoisotopic (exact) mass is 1520 g/mol. The summed E-state index contributed by atoms with van der Waals surface area (Å²) in [6, 6.07) is 0. The van der Waals surface area contributed by atoms with Crippen molar-refractivity contribution < 1.29 is 80.2 Å². The fourth-order valence-electron chi connectivity index (χ4n) is 10.4. The topological polar surface area (TPSA) is 237 Å². The summed E-state index contributed by atoms with van der Waals surface area (Å²) >= 11 is 0. The van der Waals surface area contributed by atoms with Crippen molar-refractivity contribution in [2.75, 3.05) is 39.6 Å². The number of unbranched alkanes of at least 4 members (excludes halogenated alkanes) is 23. The van der Waals surface area contributed by atoms with Crippen LogP contribution in [0.25, 0.3) is 0 Å². The Kier molecular flexibility index (Phi) is 73.9. The molecule has 17 nitrogen and oxygen atoms in total. The second-order valence-corrected chi connectivity index (χ2v) is 29.5.